The molecule has 19 heavy (non-hydrogen) atoms. The maximum atomic E-state index is 5.65. The molecule has 1 aliphatic rings. The van der Waals surface area contributed by atoms with Crippen molar-refractivity contribution in [3.63, 3.8) is 0 Å². The van der Waals surface area contributed by atoms with Gasteiger partial charge in [-0.15, -0.1) is 0 Å². The van der Waals surface area contributed by atoms with Gasteiger partial charge in [-0.3, -0.25) is 0 Å². The first-order valence-electron chi connectivity index (χ1n) is 7.21. The summed E-state index contributed by atoms with van der Waals surface area (Å²) in [7, 11) is 0. The number of nitrogens with one attached hydrogen (secondary N) is 1. The van der Waals surface area contributed by atoms with Crippen molar-refractivity contribution in [1.29, 1.82) is 0 Å². The van der Waals surface area contributed by atoms with E-state index in [0.717, 1.165) is 50.8 Å². The Balaban J connectivity index is 1.92. The Hall–Kier alpha value is -1.07. The monoisotopic (exact) mass is 267 g/mol. The summed E-state index contributed by atoms with van der Waals surface area (Å²) in [6.07, 6.45) is 4.43. The lowest BCUT2D eigenvalue weighted by Crippen LogP contribution is -2.19. The van der Waals surface area contributed by atoms with Crippen molar-refractivity contribution in [3.05, 3.63) is 11.9 Å². The fraction of sp³-hybridized carbons (Fsp3) is 0.786. The number of aryl methyl sites for hydroxylation is 1. The van der Waals surface area contributed by atoms with Crippen molar-refractivity contribution >= 4 is 5.95 Å². The molecular weight excluding hydrogens is 242 g/mol. The standard InChI is InChI=1S/C14H25N3O2/c1-4-18-8-5-7-15-14-16-11(2)10-17(14)13-6-9-19-12(13)3/h10,12-13H,4-9H2,1-3H3,(H,15,16). The third kappa shape index (κ3) is 3.70. The Bertz CT molecular complexity index is 392. The first-order valence-corrected chi connectivity index (χ1v) is 7.21. The first kappa shape index (κ1) is 14.3. The molecular formula is C14H25N3O2. The van der Waals surface area contributed by atoms with Crippen LogP contribution in [0.3, 0.4) is 0 Å². The minimum atomic E-state index is 0.262. The summed E-state index contributed by atoms with van der Waals surface area (Å²) < 4.78 is 13.2. The lowest BCUT2D eigenvalue weighted by molar-refractivity contribution is 0.108. The third-order valence-electron chi connectivity index (χ3n) is 3.50. The largest absolute Gasteiger partial charge is 0.382 e. The molecule has 0 aromatic carbocycles. The van der Waals surface area contributed by atoms with Gasteiger partial charge in [0.2, 0.25) is 5.95 Å². The minimum absolute atomic E-state index is 0.262. The molecule has 1 N–H and O–H groups in total. The number of ether oxygens (including phenoxy) is 2. The summed E-state index contributed by atoms with van der Waals surface area (Å²) in [5, 5.41) is 3.41. The number of hydrogen-bond acceptors (Lipinski definition) is 4. The van der Waals surface area contributed by atoms with Crippen LogP contribution < -0.4 is 5.32 Å². The van der Waals surface area contributed by atoms with Crippen molar-refractivity contribution in [2.24, 2.45) is 0 Å². The number of anilines is 1. The van der Waals surface area contributed by atoms with E-state index >= 15 is 0 Å². The quantitative estimate of drug-likeness (QED) is 0.771. The van der Waals surface area contributed by atoms with Crippen LogP contribution in [0, 0.1) is 6.92 Å². The lowest BCUT2D eigenvalue weighted by Gasteiger charge is -2.18. The van der Waals surface area contributed by atoms with Gasteiger partial charge in [-0.05, 0) is 33.6 Å². The van der Waals surface area contributed by atoms with E-state index in [-0.39, 0.29) is 6.10 Å². The van der Waals surface area contributed by atoms with Crippen molar-refractivity contribution in [1.82, 2.24) is 9.55 Å². The van der Waals surface area contributed by atoms with Crippen LogP contribution >= 0.6 is 0 Å². The van der Waals surface area contributed by atoms with E-state index in [1.807, 2.05) is 13.8 Å². The van der Waals surface area contributed by atoms with Gasteiger partial charge < -0.3 is 19.4 Å². The molecule has 1 aromatic heterocycles. The van der Waals surface area contributed by atoms with Crippen molar-refractivity contribution < 1.29 is 9.47 Å². The molecule has 5 nitrogen and oxygen atoms in total. The molecule has 1 fully saturated rings. The van der Waals surface area contributed by atoms with Crippen LogP contribution in [0.5, 0.6) is 0 Å². The summed E-state index contributed by atoms with van der Waals surface area (Å²) in [4.78, 5) is 4.56. The maximum absolute atomic E-state index is 5.65. The molecule has 2 atom stereocenters. The fourth-order valence-electron chi connectivity index (χ4n) is 2.50. The SMILES string of the molecule is CCOCCCNc1nc(C)cn1C1CCOC1C. The molecule has 2 unspecified atom stereocenters. The molecule has 0 radical (unpaired) electrons. The summed E-state index contributed by atoms with van der Waals surface area (Å²) in [6.45, 7) is 9.49. The molecule has 1 saturated heterocycles. The van der Waals surface area contributed by atoms with Crippen molar-refractivity contribution in [2.75, 3.05) is 31.7 Å². The van der Waals surface area contributed by atoms with E-state index in [0.29, 0.717) is 6.04 Å². The smallest absolute Gasteiger partial charge is 0.203 e. The molecule has 0 spiro atoms. The first-order chi connectivity index (χ1) is 9.22. The molecule has 0 bridgehead atoms. The van der Waals surface area contributed by atoms with Gasteiger partial charge in [0.05, 0.1) is 17.8 Å². The average molecular weight is 267 g/mol. The van der Waals surface area contributed by atoms with Crippen LogP contribution in [0.2, 0.25) is 0 Å². The van der Waals surface area contributed by atoms with Gasteiger partial charge in [-0.2, -0.15) is 0 Å². The van der Waals surface area contributed by atoms with E-state index < -0.39 is 0 Å². The van der Waals surface area contributed by atoms with Crippen LogP contribution in [0.15, 0.2) is 6.20 Å². The summed E-state index contributed by atoms with van der Waals surface area (Å²) >= 11 is 0. The number of nitrogens with zero attached hydrogens (tertiary/aromatic N) is 2. The minimum Gasteiger partial charge on any atom is -0.382 e. The zero-order valence-electron chi connectivity index (χ0n) is 12.2. The number of hydrogen-bond donors (Lipinski definition) is 1. The second-order valence-electron chi connectivity index (χ2n) is 5.02. The summed E-state index contributed by atoms with van der Waals surface area (Å²) in [6, 6.07) is 0.399. The van der Waals surface area contributed by atoms with Gasteiger partial charge in [0.15, 0.2) is 0 Å². The van der Waals surface area contributed by atoms with Crippen molar-refractivity contribution in [2.45, 2.75) is 45.8 Å². The number of imidazole rings is 1. The Morgan fingerprint density at radius 3 is 3.11 bits per heavy atom. The summed E-state index contributed by atoms with van der Waals surface area (Å²) in [5.74, 6) is 0.955. The van der Waals surface area contributed by atoms with Gasteiger partial charge in [0, 0.05) is 32.6 Å². The normalized spacial score (nSPS) is 22.9. The average Bonchev–Trinajstić information content (AvgIpc) is 2.95. The second kappa shape index (κ2) is 6.91. The predicted molar refractivity (Wildman–Crippen MR) is 75.6 cm³/mol. The van der Waals surface area contributed by atoms with Gasteiger partial charge in [-0.1, -0.05) is 0 Å². The van der Waals surface area contributed by atoms with Crippen LogP contribution in [0.25, 0.3) is 0 Å². The molecule has 2 heterocycles. The van der Waals surface area contributed by atoms with E-state index in [2.05, 4.69) is 28.0 Å². The summed E-state index contributed by atoms with van der Waals surface area (Å²) in [5.41, 5.74) is 1.05. The topological polar surface area (TPSA) is 48.3 Å². The zero-order valence-corrected chi connectivity index (χ0v) is 12.2. The lowest BCUT2D eigenvalue weighted by atomic mass is 10.1. The molecule has 1 aliphatic heterocycles. The van der Waals surface area contributed by atoms with Gasteiger partial charge in [0.1, 0.15) is 0 Å². The Labute approximate surface area is 115 Å². The van der Waals surface area contributed by atoms with E-state index in [1.54, 1.807) is 0 Å². The predicted octanol–water partition coefficient (Wildman–Crippen LogP) is 2.38. The molecule has 2 rings (SSSR count). The highest BCUT2D eigenvalue weighted by Crippen LogP contribution is 2.29. The van der Waals surface area contributed by atoms with E-state index in [1.165, 1.54) is 0 Å². The molecule has 1 aromatic rings. The Kier molecular flexibility index (Phi) is 5.22. The fourth-order valence-corrected chi connectivity index (χ4v) is 2.50. The van der Waals surface area contributed by atoms with Crippen LogP contribution in [0.1, 0.15) is 38.4 Å². The van der Waals surface area contributed by atoms with Crippen molar-refractivity contribution in [3.8, 4) is 0 Å². The van der Waals surface area contributed by atoms with Crippen LogP contribution in [-0.4, -0.2) is 42.0 Å². The molecule has 5 heteroatoms. The van der Waals surface area contributed by atoms with Gasteiger partial charge in [-0.25, -0.2) is 4.98 Å². The maximum Gasteiger partial charge on any atom is 0.203 e. The Morgan fingerprint density at radius 2 is 2.42 bits per heavy atom. The zero-order chi connectivity index (χ0) is 13.7. The van der Waals surface area contributed by atoms with Crippen LogP contribution in [0.4, 0.5) is 5.95 Å². The highest BCUT2D eigenvalue weighted by Gasteiger charge is 2.27. The number of rotatable bonds is 7. The molecule has 0 aliphatic carbocycles. The third-order valence-corrected chi connectivity index (χ3v) is 3.50. The molecule has 0 amide bonds. The van der Waals surface area contributed by atoms with Gasteiger partial charge in [0.25, 0.3) is 0 Å². The highest BCUT2D eigenvalue weighted by molar-refractivity contribution is 5.30. The van der Waals surface area contributed by atoms with E-state index in [9.17, 15) is 0 Å². The molecule has 108 valence electrons. The van der Waals surface area contributed by atoms with Crippen LogP contribution in [-0.2, 0) is 9.47 Å². The second-order valence-corrected chi connectivity index (χ2v) is 5.02. The highest BCUT2D eigenvalue weighted by atomic mass is 16.5. The van der Waals surface area contributed by atoms with E-state index in [4.69, 9.17) is 9.47 Å². The van der Waals surface area contributed by atoms with Gasteiger partial charge >= 0.3 is 0 Å². The Morgan fingerprint density at radius 1 is 1.58 bits per heavy atom. The molecule has 0 saturated carbocycles. The number of aromatic nitrogens is 2.